The second-order valence-electron chi connectivity index (χ2n) is 8.20. The van der Waals surface area contributed by atoms with E-state index < -0.39 is 0 Å². The molecule has 1 N–H and O–H groups in total. The molecule has 0 radical (unpaired) electrons. The molecule has 0 spiro atoms. The molecule has 0 saturated carbocycles. The van der Waals surface area contributed by atoms with Crippen LogP contribution in [-0.2, 0) is 4.79 Å². The van der Waals surface area contributed by atoms with E-state index in [1.807, 2.05) is 48.5 Å². The highest BCUT2D eigenvalue weighted by molar-refractivity contribution is 6.30. The number of likely N-dealkylation sites (tertiary alicyclic amines) is 1. The molecule has 5 rings (SSSR count). The number of halogens is 1. The number of hydrogen-bond acceptors (Lipinski definition) is 4. The maximum Gasteiger partial charge on any atom is 0.274 e. The summed E-state index contributed by atoms with van der Waals surface area (Å²) < 4.78 is 7.26. The van der Waals surface area contributed by atoms with Crippen LogP contribution in [0.25, 0.3) is 17.1 Å². The van der Waals surface area contributed by atoms with Crippen LogP contribution in [0.1, 0.15) is 23.3 Å². The average Bonchev–Trinajstić information content (AvgIpc) is 3.55. The van der Waals surface area contributed by atoms with E-state index in [-0.39, 0.29) is 17.7 Å². The zero-order valence-electron chi connectivity index (χ0n) is 18.4. The molecule has 3 heterocycles. The number of carbonyl (C=O) groups is 2. The number of furan rings is 1. The summed E-state index contributed by atoms with van der Waals surface area (Å²) in [6.45, 7) is 0.991. The van der Waals surface area contributed by atoms with Crippen molar-refractivity contribution in [3.8, 4) is 17.1 Å². The Morgan fingerprint density at radius 3 is 2.38 bits per heavy atom. The summed E-state index contributed by atoms with van der Waals surface area (Å²) in [5, 5.41) is 8.17. The highest BCUT2D eigenvalue weighted by atomic mass is 35.5. The second kappa shape index (κ2) is 9.57. The van der Waals surface area contributed by atoms with E-state index in [1.165, 1.54) is 0 Å². The van der Waals surface area contributed by atoms with Gasteiger partial charge in [-0.3, -0.25) is 9.59 Å². The molecular weight excluding hydrogens is 452 g/mol. The highest BCUT2D eigenvalue weighted by Gasteiger charge is 2.29. The number of anilines is 1. The van der Waals surface area contributed by atoms with Gasteiger partial charge in [0.1, 0.15) is 5.69 Å². The summed E-state index contributed by atoms with van der Waals surface area (Å²) in [6, 6.07) is 22.0. The molecule has 172 valence electrons. The largest absolute Gasteiger partial charge is 0.463 e. The van der Waals surface area contributed by atoms with Crippen molar-refractivity contribution in [2.75, 3.05) is 18.4 Å². The number of hydrogen-bond donors (Lipinski definition) is 1. The minimum atomic E-state index is -0.164. The standard InChI is InChI=1S/C26H23ClN4O3/c27-19-8-10-21(11-9-19)31-23(24-7-4-16-34-24)17-22(29-31)26(33)30-14-12-18(13-15-30)25(32)28-20-5-2-1-3-6-20/h1-11,16-18H,12-15H2,(H,28,32). The van der Waals surface area contributed by atoms with Crippen LogP contribution < -0.4 is 5.32 Å². The SMILES string of the molecule is O=C(Nc1ccccc1)C1CCN(C(=O)c2cc(-c3ccco3)n(-c3ccc(Cl)cc3)n2)CC1. The van der Waals surface area contributed by atoms with Crippen molar-refractivity contribution in [2.24, 2.45) is 5.92 Å². The minimum absolute atomic E-state index is 0.00887. The molecular formula is C26H23ClN4O3. The second-order valence-corrected chi connectivity index (χ2v) is 8.64. The van der Waals surface area contributed by atoms with Gasteiger partial charge in [0.25, 0.3) is 5.91 Å². The zero-order valence-corrected chi connectivity index (χ0v) is 19.1. The third-order valence-corrected chi connectivity index (χ3v) is 6.22. The fourth-order valence-corrected chi connectivity index (χ4v) is 4.26. The molecule has 1 aliphatic rings. The first-order chi connectivity index (χ1) is 16.6. The van der Waals surface area contributed by atoms with Crippen LogP contribution in [0.15, 0.2) is 83.5 Å². The third-order valence-electron chi connectivity index (χ3n) is 5.97. The Kier molecular flexibility index (Phi) is 6.18. The molecule has 1 aliphatic heterocycles. The first kappa shape index (κ1) is 22.0. The maximum atomic E-state index is 13.3. The lowest BCUT2D eigenvalue weighted by atomic mass is 9.95. The summed E-state index contributed by atoms with van der Waals surface area (Å²) in [5.41, 5.74) is 2.55. The van der Waals surface area contributed by atoms with E-state index in [4.69, 9.17) is 16.0 Å². The number of amides is 2. The molecule has 2 amide bonds. The number of aromatic nitrogens is 2. The van der Waals surface area contributed by atoms with Crippen LogP contribution in [-0.4, -0.2) is 39.6 Å². The lowest BCUT2D eigenvalue weighted by Crippen LogP contribution is -2.41. The van der Waals surface area contributed by atoms with E-state index >= 15 is 0 Å². The Hall–Kier alpha value is -3.84. The van der Waals surface area contributed by atoms with Gasteiger partial charge in [0, 0.05) is 35.8 Å². The number of para-hydroxylation sites is 1. The Bertz CT molecular complexity index is 1280. The molecule has 0 aliphatic carbocycles. The van der Waals surface area contributed by atoms with Crippen LogP contribution in [0, 0.1) is 5.92 Å². The van der Waals surface area contributed by atoms with Crippen molar-refractivity contribution < 1.29 is 14.0 Å². The Morgan fingerprint density at radius 1 is 0.971 bits per heavy atom. The van der Waals surface area contributed by atoms with Gasteiger partial charge >= 0.3 is 0 Å². The van der Waals surface area contributed by atoms with Gasteiger partial charge in [-0.2, -0.15) is 5.10 Å². The lowest BCUT2D eigenvalue weighted by Gasteiger charge is -2.30. The van der Waals surface area contributed by atoms with Crippen LogP contribution in [0.2, 0.25) is 5.02 Å². The lowest BCUT2D eigenvalue weighted by molar-refractivity contribution is -0.121. The van der Waals surface area contributed by atoms with Crippen molar-refractivity contribution in [2.45, 2.75) is 12.8 Å². The monoisotopic (exact) mass is 474 g/mol. The van der Waals surface area contributed by atoms with Gasteiger partial charge in [-0.25, -0.2) is 4.68 Å². The Balaban J connectivity index is 1.31. The van der Waals surface area contributed by atoms with E-state index in [9.17, 15) is 9.59 Å². The van der Waals surface area contributed by atoms with Crippen LogP contribution >= 0.6 is 11.6 Å². The first-order valence-electron chi connectivity index (χ1n) is 11.1. The predicted molar refractivity (Wildman–Crippen MR) is 130 cm³/mol. The fourth-order valence-electron chi connectivity index (χ4n) is 4.14. The van der Waals surface area contributed by atoms with E-state index in [1.54, 1.807) is 40.1 Å². The maximum absolute atomic E-state index is 13.3. The number of nitrogens with zero attached hydrogens (tertiary/aromatic N) is 3. The number of piperidine rings is 1. The summed E-state index contributed by atoms with van der Waals surface area (Å²) in [5.74, 6) is 0.306. The van der Waals surface area contributed by atoms with Crippen molar-refractivity contribution >= 4 is 29.1 Å². The van der Waals surface area contributed by atoms with E-state index in [0.717, 1.165) is 11.4 Å². The molecule has 0 bridgehead atoms. The highest BCUT2D eigenvalue weighted by Crippen LogP contribution is 2.27. The molecule has 4 aromatic rings. The van der Waals surface area contributed by atoms with Crippen LogP contribution in [0.4, 0.5) is 5.69 Å². The molecule has 1 fully saturated rings. The fraction of sp³-hybridized carbons (Fsp3) is 0.192. The van der Waals surface area contributed by atoms with Gasteiger partial charge in [-0.15, -0.1) is 0 Å². The first-order valence-corrected chi connectivity index (χ1v) is 11.5. The van der Waals surface area contributed by atoms with Crippen molar-refractivity contribution in [1.82, 2.24) is 14.7 Å². The molecule has 0 unspecified atom stereocenters. The zero-order chi connectivity index (χ0) is 23.5. The quantitative estimate of drug-likeness (QED) is 0.427. The molecule has 2 aromatic carbocycles. The van der Waals surface area contributed by atoms with Crippen molar-refractivity contribution in [3.63, 3.8) is 0 Å². The van der Waals surface area contributed by atoms with E-state index in [0.29, 0.717) is 48.1 Å². The van der Waals surface area contributed by atoms with Crippen LogP contribution in [0.3, 0.4) is 0 Å². The number of carbonyl (C=O) groups excluding carboxylic acids is 2. The molecule has 1 saturated heterocycles. The minimum Gasteiger partial charge on any atom is -0.463 e. The average molecular weight is 475 g/mol. The van der Waals surface area contributed by atoms with E-state index in [2.05, 4.69) is 10.4 Å². The smallest absolute Gasteiger partial charge is 0.274 e. The molecule has 8 heteroatoms. The molecule has 2 aromatic heterocycles. The van der Waals surface area contributed by atoms with Gasteiger partial charge in [-0.05, 0) is 61.4 Å². The molecule has 34 heavy (non-hydrogen) atoms. The summed E-state index contributed by atoms with van der Waals surface area (Å²) >= 11 is 6.04. The van der Waals surface area contributed by atoms with Crippen molar-refractivity contribution in [3.05, 3.63) is 89.8 Å². The van der Waals surface area contributed by atoms with Gasteiger partial charge in [0.05, 0.1) is 12.0 Å². The number of nitrogens with one attached hydrogen (secondary N) is 1. The summed E-state index contributed by atoms with van der Waals surface area (Å²) in [4.78, 5) is 27.7. The van der Waals surface area contributed by atoms with Gasteiger partial charge in [0.2, 0.25) is 5.91 Å². The summed E-state index contributed by atoms with van der Waals surface area (Å²) in [7, 11) is 0. The molecule has 7 nitrogen and oxygen atoms in total. The van der Waals surface area contributed by atoms with Crippen molar-refractivity contribution in [1.29, 1.82) is 0 Å². The topological polar surface area (TPSA) is 80.4 Å². The predicted octanol–water partition coefficient (Wildman–Crippen LogP) is 5.28. The number of rotatable bonds is 5. The van der Waals surface area contributed by atoms with Gasteiger partial charge in [-0.1, -0.05) is 29.8 Å². The summed E-state index contributed by atoms with van der Waals surface area (Å²) in [6.07, 6.45) is 2.79. The normalized spacial score (nSPS) is 14.2. The number of benzene rings is 2. The van der Waals surface area contributed by atoms with Gasteiger partial charge < -0.3 is 14.6 Å². The van der Waals surface area contributed by atoms with Gasteiger partial charge in [0.15, 0.2) is 11.5 Å². The molecule has 0 atom stereocenters. The Labute approximate surface area is 201 Å². The van der Waals surface area contributed by atoms with Crippen LogP contribution in [0.5, 0.6) is 0 Å². The Morgan fingerprint density at radius 2 is 1.71 bits per heavy atom. The third kappa shape index (κ3) is 4.61.